The summed E-state index contributed by atoms with van der Waals surface area (Å²) < 4.78 is 2.02. The predicted molar refractivity (Wildman–Crippen MR) is 81.2 cm³/mol. The van der Waals surface area contributed by atoms with E-state index in [-0.39, 0.29) is 5.54 Å². The zero-order chi connectivity index (χ0) is 14.6. The van der Waals surface area contributed by atoms with Crippen molar-refractivity contribution < 1.29 is 0 Å². The van der Waals surface area contributed by atoms with Crippen LogP contribution in [0.3, 0.4) is 0 Å². The Bertz CT molecular complexity index is 366. The van der Waals surface area contributed by atoms with E-state index in [1.807, 2.05) is 10.9 Å². The second kappa shape index (κ2) is 6.53. The Kier molecular flexibility index (Phi) is 5.56. The largest absolute Gasteiger partial charge is 0.311 e. The van der Waals surface area contributed by atoms with Gasteiger partial charge in [0.1, 0.15) is 0 Å². The number of nitrogens with zero attached hydrogens (tertiary/aromatic N) is 3. The molecule has 4 nitrogen and oxygen atoms in total. The van der Waals surface area contributed by atoms with Crippen molar-refractivity contribution in [3.05, 3.63) is 18.0 Å². The van der Waals surface area contributed by atoms with Crippen molar-refractivity contribution in [3.63, 3.8) is 0 Å². The summed E-state index contributed by atoms with van der Waals surface area (Å²) in [5, 5.41) is 7.96. The van der Waals surface area contributed by atoms with Gasteiger partial charge < -0.3 is 10.2 Å². The molecule has 0 saturated carbocycles. The van der Waals surface area contributed by atoms with Crippen LogP contribution in [0.2, 0.25) is 0 Å². The Morgan fingerprint density at radius 1 is 1.32 bits per heavy atom. The van der Waals surface area contributed by atoms with Crippen molar-refractivity contribution in [1.82, 2.24) is 20.0 Å². The van der Waals surface area contributed by atoms with Crippen molar-refractivity contribution in [3.8, 4) is 0 Å². The molecule has 0 fully saturated rings. The van der Waals surface area contributed by atoms with Gasteiger partial charge in [0, 0.05) is 30.9 Å². The van der Waals surface area contributed by atoms with E-state index < -0.39 is 0 Å². The van der Waals surface area contributed by atoms with Crippen molar-refractivity contribution in [2.24, 2.45) is 5.92 Å². The lowest BCUT2D eigenvalue weighted by molar-refractivity contribution is 0.224. The summed E-state index contributed by atoms with van der Waals surface area (Å²) in [6.45, 7) is 12.9. The van der Waals surface area contributed by atoms with Gasteiger partial charge >= 0.3 is 0 Å². The Labute approximate surface area is 118 Å². The smallest absolute Gasteiger partial charge is 0.0543 e. The number of aromatic nitrogens is 2. The first-order valence-corrected chi connectivity index (χ1v) is 7.13. The standard InChI is InChI=1S/C15H30N4/c1-12(2)14(18(6)7)10-16-8-13-9-17-19(11-13)15(3,4)5/h9,11-12,14,16H,8,10H2,1-7H3. The van der Waals surface area contributed by atoms with Crippen LogP contribution in [0.5, 0.6) is 0 Å². The van der Waals surface area contributed by atoms with E-state index >= 15 is 0 Å². The minimum Gasteiger partial charge on any atom is -0.311 e. The summed E-state index contributed by atoms with van der Waals surface area (Å²) in [5.74, 6) is 0.653. The summed E-state index contributed by atoms with van der Waals surface area (Å²) in [7, 11) is 4.29. The van der Waals surface area contributed by atoms with Crippen LogP contribution >= 0.6 is 0 Å². The van der Waals surface area contributed by atoms with Gasteiger partial charge in [-0.3, -0.25) is 4.68 Å². The summed E-state index contributed by atoms with van der Waals surface area (Å²) >= 11 is 0. The maximum Gasteiger partial charge on any atom is 0.0543 e. The number of hydrogen-bond acceptors (Lipinski definition) is 3. The lowest BCUT2D eigenvalue weighted by Crippen LogP contribution is -2.41. The third kappa shape index (κ3) is 4.96. The molecule has 0 aliphatic carbocycles. The molecule has 0 aliphatic rings. The van der Waals surface area contributed by atoms with Gasteiger partial charge in [0.15, 0.2) is 0 Å². The molecule has 1 heterocycles. The molecule has 110 valence electrons. The van der Waals surface area contributed by atoms with E-state index in [0.29, 0.717) is 12.0 Å². The molecule has 0 bridgehead atoms. The average Bonchev–Trinajstić information content (AvgIpc) is 2.71. The number of likely N-dealkylation sites (N-methyl/N-ethyl adjacent to an activating group) is 1. The van der Waals surface area contributed by atoms with Crippen LogP contribution in [0.4, 0.5) is 0 Å². The van der Waals surface area contributed by atoms with Crippen LogP contribution in [0.1, 0.15) is 40.2 Å². The fraction of sp³-hybridized carbons (Fsp3) is 0.800. The van der Waals surface area contributed by atoms with Gasteiger partial charge in [0.05, 0.1) is 11.7 Å². The molecule has 1 aromatic rings. The molecule has 0 aromatic carbocycles. The van der Waals surface area contributed by atoms with Crippen molar-refractivity contribution >= 4 is 0 Å². The SMILES string of the molecule is CC(C)C(CNCc1cnn(C(C)(C)C)c1)N(C)C. The lowest BCUT2D eigenvalue weighted by atomic mass is 10.0. The van der Waals surface area contributed by atoms with E-state index in [1.165, 1.54) is 5.56 Å². The fourth-order valence-corrected chi connectivity index (χ4v) is 2.20. The molecule has 1 N–H and O–H groups in total. The molecule has 0 saturated heterocycles. The van der Waals surface area contributed by atoms with Crippen LogP contribution in [0.25, 0.3) is 0 Å². The molecule has 0 amide bonds. The number of nitrogens with one attached hydrogen (secondary N) is 1. The van der Waals surface area contributed by atoms with Crippen LogP contribution in [-0.2, 0) is 12.1 Å². The van der Waals surface area contributed by atoms with Gasteiger partial charge in [0.2, 0.25) is 0 Å². The fourth-order valence-electron chi connectivity index (χ4n) is 2.20. The van der Waals surface area contributed by atoms with Gasteiger partial charge in [-0.1, -0.05) is 13.8 Å². The highest BCUT2D eigenvalue weighted by molar-refractivity contribution is 5.04. The highest BCUT2D eigenvalue weighted by Crippen LogP contribution is 2.13. The van der Waals surface area contributed by atoms with Crippen LogP contribution < -0.4 is 5.32 Å². The molecule has 1 aromatic heterocycles. The van der Waals surface area contributed by atoms with Crippen molar-refractivity contribution in [2.45, 2.75) is 52.7 Å². The molecule has 4 heteroatoms. The Balaban J connectivity index is 2.47. The Hall–Kier alpha value is -0.870. The highest BCUT2D eigenvalue weighted by Gasteiger charge is 2.16. The maximum absolute atomic E-state index is 4.42. The van der Waals surface area contributed by atoms with E-state index in [1.54, 1.807) is 0 Å². The molecule has 1 unspecified atom stereocenters. The monoisotopic (exact) mass is 266 g/mol. The molecule has 0 radical (unpaired) electrons. The Morgan fingerprint density at radius 3 is 2.37 bits per heavy atom. The van der Waals surface area contributed by atoms with E-state index in [9.17, 15) is 0 Å². The normalized spacial score (nSPS) is 14.4. The molecule has 1 atom stereocenters. The van der Waals surface area contributed by atoms with Crippen molar-refractivity contribution in [1.29, 1.82) is 0 Å². The molecule has 19 heavy (non-hydrogen) atoms. The van der Waals surface area contributed by atoms with Gasteiger partial charge in [0.25, 0.3) is 0 Å². The molecular weight excluding hydrogens is 236 g/mol. The lowest BCUT2D eigenvalue weighted by Gasteiger charge is -2.28. The highest BCUT2D eigenvalue weighted by atomic mass is 15.3. The van der Waals surface area contributed by atoms with Gasteiger partial charge in [-0.15, -0.1) is 0 Å². The van der Waals surface area contributed by atoms with E-state index in [2.05, 4.69) is 70.2 Å². The second-order valence-electron chi connectivity index (χ2n) is 6.87. The minimum absolute atomic E-state index is 0.0579. The van der Waals surface area contributed by atoms with Crippen LogP contribution in [-0.4, -0.2) is 41.4 Å². The molecule has 0 spiro atoms. The van der Waals surface area contributed by atoms with Gasteiger partial charge in [-0.05, 0) is 40.8 Å². The Morgan fingerprint density at radius 2 is 1.95 bits per heavy atom. The quantitative estimate of drug-likeness (QED) is 0.858. The van der Waals surface area contributed by atoms with E-state index in [0.717, 1.165) is 13.1 Å². The summed E-state index contributed by atoms with van der Waals surface area (Å²) in [6, 6.07) is 0.567. The predicted octanol–water partition coefficient (Wildman–Crippen LogP) is 2.31. The third-order valence-electron chi connectivity index (χ3n) is 3.44. The van der Waals surface area contributed by atoms with Gasteiger partial charge in [-0.2, -0.15) is 5.10 Å². The van der Waals surface area contributed by atoms with Gasteiger partial charge in [-0.25, -0.2) is 0 Å². The minimum atomic E-state index is 0.0579. The second-order valence-corrected chi connectivity index (χ2v) is 6.87. The summed E-state index contributed by atoms with van der Waals surface area (Å²) in [5.41, 5.74) is 1.30. The first-order chi connectivity index (χ1) is 8.71. The first-order valence-electron chi connectivity index (χ1n) is 7.13. The van der Waals surface area contributed by atoms with Crippen molar-refractivity contribution in [2.75, 3.05) is 20.6 Å². The van der Waals surface area contributed by atoms with E-state index in [4.69, 9.17) is 0 Å². The van der Waals surface area contributed by atoms with Crippen LogP contribution in [0.15, 0.2) is 12.4 Å². The zero-order valence-electron chi connectivity index (χ0n) is 13.6. The number of rotatable bonds is 6. The number of hydrogen-bond donors (Lipinski definition) is 1. The molecular formula is C15H30N4. The third-order valence-corrected chi connectivity index (χ3v) is 3.44. The topological polar surface area (TPSA) is 33.1 Å². The first kappa shape index (κ1) is 16.2. The average molecular weight is 266 g/mol. The summed E-state index contributed by atoms with van der Waals surface area (Å²) in [6.07, 6.45) is 4.09. The maximum atomic E-state index is 4.42. The molecule has 1 rings (SSSR count). The molecule has 0 aliphatic heterocycles. The zero-order valence-corrected chi connectivity index (χ0v) is 13.6. The van der Waals surface area contributed by atoms with Crippen LogP contribution in [0, 0.1) is 5.92 Å². The summed E-state index contributed by atoms with van der Waals surface area (Å²) in [4.78, 5) is 2.29.